The average molecular weight is 259 g/mol. The summed E-state index contributed by atoms with van der Waals surface area (Å²) in [4.78, 5) is 7.07. The molecule has 0 spiro atoms. The van der Waals surface area contributed by atoms with E-state index in [1.54, 1.807) is 0 Å². The first kappa shape index (κ1) is 14.1. The molecule has 3 nitrogen and oxygen atoms in total. The van der Waals surface area contributed by atoms with E-state index in [4.69, 9.17) is 4.98 Å². The van der Waals surface area contributed by atoms with Gasteiger partial charge in [-0.25, -0.2) is 4.98 Å². The van der Waals surface area contributed by atoms with Crippen LogP contribution in [0.5, 0.6) is 0 Å². The molecule has 1 unspecified atom stereocenters. The van der Waals surface area contributed by atoms with E-state index in [0.717, 1.165) is 31.4 Å². The highest BCUT2D eigenvalue weighted by Gasteiger charge is 2.14. The van der Waals surface area contributed by atoms with Gasteiger partial charge in [0.05, 0.1) is 11.0 Å². The van der Waals surface area contributed by atoms with Crippen LogP contribution in [0.15, 0.2) is 24.3 Å². The van der Waals surface area contributed by atoms with Gasteiger partial charge in [0.15, 0.2) is 0 Å². The van der Waals surface area contributed by atoms with E-state index >= 15 is 0 Å². The number of hydrogen-bond acceptors (Lipinski definition) is 2. The second kappa shape index (κ2) is 6.20. The van der Waals surface area contributed by atoms with E-state index in [9.17, 15) is 0 Å². The van der Waals surface area contributed by atoms with Crippen LogP contribution in [0.3, 0.4) is 0 Å². The highest BCUT2D eigenvalue weighted by molar-refractivity contribution is 5.76. The zero-order valence-electron chi connectivity index (χ0n) is 12.6. The number of hydrogen-bond donors (Lipinski definition) is 0. The molecule has 1 aromatic carbocycles. The maximum absolute atomic E-state index is 4.83. The Morgan fingerprint density at radius 2 is 2.00 bits per heavy atom. The number of para-hydroxylation sites is 2. The summed E-state index contributed by atoms with van der Waals surface area (Å²) in [6.45, 7) is 6.67. The first-order chi connectivity index (χ1) is 9.13. The van der Waals surface area contributed by atoms with E-state index in [1.165, 1.54) is 11.3 Å². The van der Waals surface area contributed by atoms with Gasteiger partial charge >= 0.3 is 0 Å². The molecule has 104 valence electrons. The summed E-state index contributed by atoms with van der Waals surface area (Å²) >= 11 is 0. The van der Waals surface area contributed by atoms with Crippen LogP contribution in [-0.4, -0.2) is 35.1 Å². The third-order valence-electron chi connectivity index (χ3n) is 3.72. The molecule has 1 atom stereocenters. The minimum Gasteiger partial charge on any atom is -0.328 e. The van der Waals surface area contributed by atoms with E-state index in [-0.39, 0.29) is 0 Å². The van der Waals surface area contributed by atoms with Crippen molar-refractivity contribution < 1.29 is 0 Å². The second-order valence-corrected chi connectivity index (χ2v) is 5.58. The Kier molecular flexibility index (Phi) is 4.59. The molecule has 0 amide bonds. The van der Waals surface area contributed by atoms with Gasteiger partial charge in [0.25, 0.3) is 0 Å². The number of imidazole rings is 1. The Balaban J connectivity index is 2.31. The van der Waals surface area contributed by atoms with Crippen molar-refractivity contribution in [2.75, 3.05) is 20.6 Å². The molecule has 0 fully saturated rings. The largest absolute Gasteiger partial charge is 0.328 e. The minimum atomic E-state index is 0.520. The quantitative estimate of drug-likeness (QED) is 0.791. The maximum Gasteiger partial charge on any atom is 0.112 e. The Morgan fingerprint density at radius 3 is 2.68 bits per heavy atom. The summed E-state index contributed by atoms with van der Waals surface area (Å²) in [5, 5.41) is 0. The number of aryl methyl sites for hydroxylation is 1. The van der Waals surface area contributed by atoms with Crippen LogP contribution in [-0.2, 0) is 6.54 Å². The topological polar surface area (TPSA) is 21.1 Å². The van der Waals surface area contributed by atoms with Crippen LogP contribution < -0.4 is 0 Å². The molecule has 0 bridgehead atoms. The van der Waals surface area contributed by atoms with Crippen molar-refractivity contribution in [3.05, 3.63) is 30.1 Å². The molecule has 0 saturated heterocycles. The van der Waals surface area contributed by atoms with Crippen molar-refractivity contribution in [3.63, 3.8) is 0 Å². The number of fused-ring (bicyclic) bond motifs is 1. The molecular weight excluding hydrogens is 234 g/mol. The molecule has 0 saturated carbocycles. The molecule has 1 heterocycles. The predicted octanol–water partition coefficient (Wildman–Crippen LogP) is 3.50. The van der Waals surface area contributed by atoms with E-state index in [1.807, 2.05) is 0 Å². The molecule has 0 N–H and O–H groups in total. The monoisotopic (exact) mass is 259 g/mol. The Morgan fingerprint density at radius 1 is 1.26 bits per heavy atom. The highest BCUT2D eigenvalue weighted by Crippen LogP contribution is 2.24. The molecule has 0 radical (unpaired) electrons. The van der Waals surface area contributed by atoms with Gasteiger partial charge in [-0.3, -0.25) is 0 Å². The van der Waals surface area contributed by atoms with Gasteiger partial charge in [-0.2, -0.15) is 0 Å². The number of benzene rings is 1. The standard InChI is InChI=1S/C16H25N3/c1-5-13(2)16-17-14-9-6-7-10-15(14)19(16)12-8-11-18(3)4/h6-7,9-10,13H,5,8,11-12H2,1-4H3. The second-order valence-electron chi connectivity index (χ2n) is 5.58. The highest BCUT2D eigenvalue weighted by atomic mass is 15.1. The van der Waals surface area contributed by atoms with Crippen molar-refractivity contribution in [2.24, 2.45) is 0 Å². The van der Waals surface area contributed by atoms with Crippen molar-refractivity contribution in [1.29, 1.82) is 0 Å². The third-order valence-corrected chi connectivity index (χ3v) is 3.72. The molecular formula is C16H25N3. The fraction of sp³-hybridized carbons (Fsp3) is 0.562. The van der Waals surface area contributed by atoms with Crippen LogP contribution in [0.1, 0.15) is 38.4 Å². The summed E-state index contributed by atoms with van der Waals surface area (Å²) in [6.07, 6.45) is 2.30. The van der Waals surface area contributed by atoms with Crippen molar-refractivity contribution in [2.45, 2.75) is 39.2 Å². The van der Waals surface area contributed by atoms with E-state index in [2.05, 4.69) is 61.7 Å². The summed E-state index contributed by atoms with van der Waals surface area (Å²) in [5.74, 6) is 1.76. The van der Waals surface area contributed by atoms with Gasteiger partial charge in [0, 0.05) is 12.5 Å². The van der Waals surface area contributed by atoms with Crippen molar-refractivity contribution >= 4 is 11.0 Å². The SMILES string of the molecule is CCC(C)c1nc2ccccc2n1CCCN(C)C. The summed E-state index contributed by atoms with van der Waals surface area (Å²) in [5.41, 5.74) is 2.40. The van der Waals surface area contributed by atoms with Crippen LogP contribution in [0.2, 0.25) is 0 Å². The first-order valence-corrected chi connectivity index (χ1v) is 7.23. The smallest absolute Gasteiger partial charge is 0.112 e. The molecule has 0 aliphatic carbocycles. The number of rotatable bonds is 6. The van der Waals surface area contributed by atoms with Gasteiger partial charge in [-0.1, -0.05) is 26.0 Å². The number of aromatic nitrogens is 2. The lowest BCUT2D eigenvalue weighted by Gasteiger charge is -2.15. The normalized spacial score (nSPS) is 13.3. The Hall–Kier alpha value is -1.35. The predicted molar refractivity (Wildman–Crippen MR) is 81.6 cm³/mol. The van der Waals surface area contributed by atoms with Crippen LogP contribution in [0.25, 0.3) is 11.0 Å². The zero-order chi connectivity index (χ0) is 13.8. The van der Waals surface area contributed by atoms with Gasteiger partial charge in [-0.15, -0.1) is 0 Å². The lowest BCUT2D eigenvalue weighted by Crippen LogP contribution is -2.16. The van der Waals surface area contributed by atoms with Crippen LogP contribution >= 0.6 is 0 Å². The lowest BCUT2D eigenvalue weighted by molar-refractivity contribution is 0.385. The van der Waals surface area contributed by atoms with Gasteiger partial charge in [-0.05, 0) is 45.6 Å². The molecule has 19 heavy (non-hydrogen) atoms. The van der Waals surface area contributed by atoms with Gasteiger partial charge in [0.2, 0.25) is 0 Å². The Labute approximate surface area is 116 Å². The van der Waals surface area contributed by atoms with Crippen molar-refractivity contribution in [1.82, 2.24) is 14.5 Å². The Bertz CT molecular complexity index is 528. The molecule has 2 aromatic rings. The van der Waals surface area contributed by atoms with E-state index in [0.29, 0.717) is 5.92 Å². The molecule has 0 aliphatic rings. The fourth-order valence-electron chi connectivity index (χ4n) is 2.43. The number of nitrogens with zero attached hydrogens (tertiary/aromatic N) is 3. The van der Waals surface area contributed by atoms with Gasteiger partial charge < -0.3 is 9.47 Å². The van der Waals surface area contributed by atoms with Crippen LogP contribution in [0.4, 0.5) is 0 Å². The molecule has 1 aromatic heterocycles. The summed E-state index contributed by atoms with van der Waals surface area (Å²) < 4.78 is 2.41. The molecule has 0 aliphatic heterocycles. The molecule has 2 rings (SSSR count). The van der Waals surface area contributed by atoms with Crippen molar-refractivity contribution in [3.8, 4) is 0 Å². The lowest BCUT2D eigenvalue weighted by atomic mass is 10.1. The fourth-order valence-corrected chi connectivity index (χ4v) is 2.43. The van der Waals surface area contributed by atoms with Gasteiger partial charge in [0.1, 0.15) is 5.82 Å². The summed E-state index contributed by atoms with van der Waals surface area (Å²) in [6, 6.07) is 8.47. The zero-order valence-corrected chi connectivity index (χ0v) is 12.6. The average Bonchev–Trinajstić information content (AvgIpc) is 2.77. The maximum atomic E-state index is 4.83. The first-order valence-electron chi connectivity index (χ1n) is 7.23. The minimum absolute atomic E-state index is 0.520. The summed E-state index contributed by atoms with van der Waals surface area (Å²) in [7, 11) is 4.25. The molecule has 3 heteroatoms. The van der Waals surface area contributed by atoms with Crippen LogP contribution in [0, 0.1) is 0 Å². The van der Waals surface area contributed by atoms with E-state index < -0.39 is 0 Å². The third kappa shape index (κ3) is 3.16.